The molecule has 15 heavy (non-hydrogen) atoms. The Morgan fingerprint density at radius 2 is 2.20 bits per heavy atom. The minimum absolute atomic E-state index is 0.108. The lowest BCUT2D eigenvalue weighted by atomic mass is 10.1. The Kier molecular flexibility index (Phi) is 3.59. The van der Waals surface area contributed by atoms with Gasteiger partial charge in [0.1, 0.15) is 0 Å². The molecule has 4 N–H and O–H groups in total. The fourth-order valence-electron chi connectivity index (χ4n) is 1.22. The highest BCUT2D eigenvalue weighted by atomic mass is 16.5. The van der Waals surface area contributed by atoms with Crippen molar-refractivity contribution < 1.29 is 19.7 Å². The molecule has 0 saturated heterocycles. The molecule has 0 bridgehead atoms. The third kappa shape index (κ3) is 2.42. The molecule has 1 amide bonds. The number of rotatable bonds is 3. The van der Waals surface area contributed by atoms with Crippen LogP contribution in [0.5, 0.6) is 5.75 Å². The van der Waals surface area contributed by atoms with Crippen molar-refractivity contribution in [3.63, 3.8) is 0 Å². The Labute approximate surface area is 86.3 Å². The van der Waals surface area contributed by atoms with E-state index in [0.29, 0.717) is 16.8 Å². The second-order valence-electron chi connectivity index (χ2n) is 2.91. The first-order chi connectivity index (χ1) is 7.10. The SMILES string of the molecule is Cc1ncc(CO)c(CO)c1OC(N)=O. The third-order valence-electron chi connectivity index (χ3n) is 1.94. The lowest BCUT2D eigenvalue weighted by Crippen LogP contribution is -2.18. The fraction of sp³-hybridized carbons (Fsp3) is 0.333. The maximum atomic E-state index is 10.6. The molecule has 0 aromatic carbocycles. The van der Waals surface area contributed by atoms with Crippen LogP contribution in [0.25, 0.3) is 0 Å². The normalized spacial score (nSPS) is 10.1. The molecular weight excluding hydrogens is 200 g/mol. The van der Waals surface area contributed by atoms with Crippen molar-refractivity contribution >= 4 is 6.09 Å². The summed E-state index contributed by atoms with van der Waals surface area (Å²) in [7, 11) is 0. The Morgan fingerprint density at radius 3 is 2.67 bits per heavy atom. The average molecular weight is 212 g/mol. The molecule has 0 aliphatic rings. The number of hydrogen-bond acceptors (Lipinski definition) is 5. The molecule has 82 valence electrons. The van der Waals surface area contributed by atoms with Gasteiger partial charge in [-0.3, -0.25) is 4.98 Å². The van der Waals surface area contributed by atoms with Crippen LogP contribution in [0.4, 0.5) is 4.79 Å². The zero-order valence-electron chi connectivity index (χ0n) is 8.23. The van der Waals surface area contributed by atoms with Crippen LogP contribution in [-0.4, -0.2) is 21.3 Å². The number of aliphatic hydroxyl groups is 2. The molecule has 0 fully saturated rings. The smallest absolute Gasteiger partial charge is 0.408 e. The number of carbonyl (C=O) groups is 1. The summed E-state index contributed by atoms with van der Waals surface area (Å²) in [6, 6.07) is 0. The van der Waals surface area contributed by atoms with Gasteiger partial charge >= 0.3 is 6.09 Å². The van der Waals surface area contributed by atoms with E-state index < -0.39 is 6.09 Å². The van der Waals surface area contributed by atoms with Crippen molar-refractivity contribution in [3.8, 4) is 5.75 Å². The van der Waals surface area contributed by atoms with Crippen LogP contribution < -0.4 is 10.5 Å². The highest BCUT2D eigenvalue weighted by Crippen LogP contribution is 2.25. The van der Waals surface area contributed by atoms with Crippen molar-refractivity contribution in [1.82, 2.24) is 4.98 Å². The Hall–Kier alpha value is -1.66. The van der Waals surface area contributed by atoms with E-state index in [1.807, 2.05) is 0 Å². The van der Waals surface area contributed by atoms with Crippen LogP contribution in [-0.2, 0) is 13.2 Å². The fourth-order valence-corrected chi connectivity index (χ4v) is 1.22. The molecule has 0 radical (unpaired) electrons. The van der Waals surface area contributed by atoms with Gasteiger partial charge in [0.05, 0.1) is 18.9 Å². The minimum Gasteiger partial charge on any atom is -0.408 e. The molecule has 0 saturated carbocycles. The number of nitrogens with two attached hydrogens (primary N) is 1. The van der Waals surface area contributed by atoms with Gasteiger partial charge in [-0.05, 0) is 6.92 Å². The van der Waals surface area contributed by atoms with E-state index in [4.69, 9.17) is 20.7 Å². The predicted octanol–water partition coefficient (Wildman–Crippen LogP) is -0.168. The number of hydrogen-bond donors (Lipinski definition) is 3. The topological polar surface area (TPSA) is 106 Å². The molecule has 0 unspecified atom stereocenters. The highest BCUT2D eigenvalue weighted by molar-refractivity contribution is 5.69. The van der Waals surface area contributed by atoms with Crippen LogP contribution in [0, 0.1) is 6.92 Å². The summed E-state index contributed by atoms with van der Waals surface area (Å²) in [5.74, 6) is 0.108. The zero-order chi connectivity index (χ0) is 11.4. The van der Waals surface area contributed by atoms with E-state index in [-0.39, 0.29) is 19.0 Å². The number of primary amides is 1. The molecule has 6 nitrogen and oxygen atoms in total. The van der Waals surface area contributed by atoms with Gasteiger partial charge in [-0.15, -0.1) is 0 Å². The number of pyridine rings is 1. The van der Waals surface area contributed by atoms with Crippen molar-refractivity contribution in [2.24, 2.45) is 5.73 Å². The lowest BCUT2D eigenvalue weighted by molar-refractivity contribution is 0.206. The van der Waals surface area contributed by atoms with Gasteiger partial charge in [0, 0.05) is 17.3 Å². The summed E-state index contributed by atoms with van der Waals surface area (Å²) in [5, 5.41) is 18.1. The van der Waals surface area contributed by atoms with E-state index in [1.54, 1.807) is 6.92 Å². The quantitative estimate of drug-likeness (QED) is 0.645. The van der Waals surface area contributed by atoms with Crippen molar-refractivity contribution in [3.05, 3.63) is 23.0 Å². The predicted molar refractivity (Wildman–Crippen MR) is 51.0 cm³/mol. The molecule has 1 aromatic rings. The standard InChI is InChI=1S/C9H12N2O4/c1-5-8(15-9(10)14)7(4-13)6(3-12)2-11-5/h2,12-13H,3-4H2,1H3,(H2,10,14). The van der Waals surface area contributed by atoms with Crippen molar-refractivity contribution in [1.29, 1.82) is 0 Å². The first-order valence-corrected chi connectivity index (χ1v) is 4.26. The van der Waals surface area contributed by atoms with Gasteiger partial charge in [-0.25, -0.2) is 4.79 Å². The van der Waals surface area contributed by atoms with Crippen LogP contribution in [0.2, 0.25) is 0 Å². The van der Waals surface area contributed by atoms with Crippen molar-refractivity contribution in [2.75, 3.05) is 0 Å². The Morgan fingerprint density at radius 1 is 1.53 bits per heavy atom. The van der Waals surface area contributed by atoms with Gasteiger partial charge in [-0.2, -0.15) is 0 Å². The summed E-state index contributed by atoms with van der Waals surface area (Å²) < 4.78 is 4.71. The van der Waals surface area contributed by atoms with Crippen LogP contribution >= 0.6 is 0 Å². The monoisotopic (exact) mass is 212 g/mol. The maximum Gasteiger partial charge on any atom is 0.410 e. The highest BCUT2D eigenvalue weighted by Gasteiger charge is 2.14. The Balaban J connectivity index is 3.25. The molecule has 1 aromatic heterocycles. The average Bonchev–Trinajstić information content (AvgIpc) is 2.20. The second kappa shape index (κ2) is 4.72. The summed E-state index contributed by atoms with van der Waals surface area (Å²) in [5.41, 5.74) is 6.03. The summed E-state index contributed by atoms with van der Waals surface area (Å²) in [6.45, 7) is 0.957. The molecule has 0 spiro atoms. The summed E-state index contributed by atoms with van der Waals surface area (Å²) in [4.78, 5) is 14.5. The van der Waals surface area contributed by atoms with Gasteiger partial charge in [-0.1, -0.05) is 0 Å². The number of carbonyl (C=O) groups excluding carboxylic acids is 1. The lowest BCUT2D eigenvalue weighted by Gasteiger charge is -2.12. The van der Waals surface area contributed by atoms with E-state index in [0.717, 1.165) is 0 Å². The van der Waals surface area contributed by atoms with Crippen LogP contribution in [0.3, 0.4) is 0 Å². The molecule has 0 atom stereocenters. The summed E-state index contributed by atoms with van der Waals surface area (Å²) in [6.07, 6.45) is 0.430. The number of ether oxygens (including phenoxy) is 1. The molecular formula is C9H12N2O4. The van der Waals surface area contributed by atoms with E-state index in [2.05, 4.69) is 4.98 Å². The van der Waals surface area contributed by atoms with Gasteiger partial charge in [0.2, 0.25) is 0 Å². The Bertz CT molecular complexity index is 379. The van der Waals surface area contributed by atoms with E-state index in [9.17, 15) is 4.79 Å². The second-order valence-corrected chi connectivity index (χ2v) is 2.91. The van der Waals surface area contributed by atoms with Crippen molar-refractivity contribution in [2.45, 2.75) is 20.1 Å². The zero-order valence-corrected chi connectivity index (χ0v) is 8.23. The van der Waals surface area contributed by atoms with Gasteiger partial charge < -0.3 is 20.7 Å². The summed E-state index contributed by atoms with van der Waals surface area (Å²) >= 11 is 0. The number of aliphatic hydroxyl groups excluding tert-OH is 2. The number of nitrogens with zero attached hydrogens (tertiary/aromatic N) is 1. The minimum atomic E-state index is -0.982. The van der Waals surface area contributed by atoms with E-state index >= 15 is 0 Å². The number of amides is 1. The molecule has 1 heterocycles. The first kappa shape index (κ1) is 11.4. The van der Waals surface area contributed by atoms with Gasteiger partial charge in [0.15, 0.2) is 5.75 Å². The largest absolute Gasteiger partial charge is 0.410 e. The number of aryl methyl sites for hydroxylation is 1. The van der Waals surface area contributed by atoms with Crippen LogP contribution in [0.1, 0.15) is 16.8 Å². The molecule has 1 rings (SSSR count). The van der Waals surface area contributed by atoms with Crippen LogP contribution in [0.15, 0.2) is 6.20 Å². The number of aromatic nitrogens is 1. The molecule has 0 aliphatic carbocycles. The van der Waals surface area contributed by atoms with Gasteiger partial charge in [0.25, 0.3) is 0 Å². The first-order valence-electron chi connectivity index (χ1n) is 4.26. The molecule has 6 heteroatoms. The van der Waals surface area contributed by atoms with E-state index in [1.165, 1.54) is 6.20 Å². The molecule has 0 aliphatic heterocycles. The third-order valence-corrected chi connectivity index (χ3v) is 1.94. The maximum absolute atomic E-state index is 10.6.